The molecule has 0 spiro atoms. The lowest BCUT2D eigenvalue weighted by molar-refractivity contribution is -0.126. The first-order valence-electron chi connectivity index (χ1n) is 8.07. The molecule has 2 rings (SSSR count). The van der Waals surface area contributed by atoms with Crippen LogP contribution in [0.5, 0.6) is 0 Å². The molecule has 0 aromatic rings. The Balaban J connectivity index is 1.75. The number of likely N-dealkylation sites (tertiary alicyclic amines) is 1. The first-order chi connectivity index (χ1) is 9.68. The molecule has 2 aliphatic heterocycles. The highest BCUT2D eigenvalue weighted by atomic mass is 16.2. The third-order valence-corrected chi connectivity index (χ3v) is 4.46. The summed E-state index contributed by atoms with van der Waals surface area (Å²) in [4.78, 5) is 17.0. The average Bonchev–Trinajstić information content (AvgIpc) is 2.93. The van der Waals surface area contributed by atoms with Crippen LogP contribution in [0.2, 0.25) is 0 Å². The summed E-state index contributed by atoms with van der Waals surface area (Å²) in [6, 6.07) is 0.730. The van der Waals surface area contributed by atoms with E-state index < -0.39 is 0 Å². The maximum absolute atomic E-state index is 12.4. The summed E-state index contributed by atoms with van der Waals surface area (Å²) in [5.74, 6) is 0.250. The number of nitrogens with zero attached hydrogens (tertiary/aromatic N) is 2. The van der Waals surface area contributed by atoms with E-state index in [9.17, 15) is 4.79 Å². The van der Waals surface area contributed by atoms with E-state index in [0.717, 1.165) is 45.6 Å². The molecule has 2 saturated heterocycles. The molecule has 1 atom stereocenters. The molecule has 0 saturated carbocycles. The van der Waals surface area contributed by atoms with E-state index >= 15 is 0 Å². The molecule has 2 fully saturated rings. The van der Waals surface area contributed by atoms with Gasteiger partial charge in [-0.25, -0.2) is 0 Å². The third-order valence-electron chi connectivity index (χ3n) is 4.46. The molecule has 1 unspecified atom stereocenters. The molecular formula is C15H30N4O. The Morgan fingerprint density at radius 1 is 1.30 bits per heavy atom. The number of hydrogen-bond donors (Lipinski definition) is 2. The zero-order chi connectivity index (χ0) is 14.4. The SMILES string of the molecule is CN(C)CCCNC(=O)C1CCCN1C1CCNCC1. The molecule has 0 aromatic heterocycles. The van der Waals surface area contributed by atoms with Crippen molar-refractivity contribution in [3.05, 3.63) is 0 Å². The molecule has 1 amide bonds. The van der Waals surface area contributed by atoms with Crippen LogP contribution in [0.3, 0.4) is 0 Å². The van der Waals surface area contributed by atoms with Crippen LogP contribution >= 0.6 is 0 Å². The standard InChI is InChI=1S/C15H30N4O/c1-18(2)11-4-8-17-15(20)14-5-3-12-19(14)13-6-9-16-10-7-13/h13-14,16H,3-12H2,1-2H3,(H,17,20). The van der Waals surface area contributed by atoms with Gasteiger partial charge in [-0.15, -0.1) is 0 Å². The summed E-state index contributed by atoms with van der Waals surface area (Å²) in [6.45, 7) is 5.12. The van der Waals surface area contributed by atoms with Gasteiger partial charge in [-0.2, -0.15) is 0 Å². The Kier molecular flexibility index (Phi) is 6.26. The first-order valence-corrected chi connectivity index (χ1v) is 8.07. The van der Waals surface area contributed by atoms with Crippen molar-refractivity contribution in [2.75, 3.05) is 46.8 Å². The number of rotatable bonds is 6. The van der Waals surface area contributed by atoms with E-state index in [1.54, 1.807) is 0 Å². The molecule has 5 nitrogen and oxygen atoms in total. The molecule has 0 aliphatic carbocycles. The molecule has 2 N–H and O–H groups in total. The summed E-state index contributed by atoms with van der Waals surface area (Å²) in [6.07, 6.45) is 5.59. The fourth-order valence-corrected chi connectivity index (χ4v) is 3.37. The fourth-order valence-electron chi connectivity index (χ4n) is 3.37. The van der Waals surface area contributed by atoms with E-state index in [0.29, 0.717) is 6.04 Å². The summed E-state index contributed by atoms with van der Waals surface area (Å²) in [5, 5.41) is 6.53. The fraction of sp³-hybridized carbons (Fsp3) is 0.933. The third kappa shape index (κ3) is 4.43. The van der Waals surface area contributed by atoms with Gasteiger partial charge in [0, 0.05) is 12.6 Å². The smallest absolute Gasteiger partial charge is 0.237 e. The Labute approximate surface area is 123 Å². The minimum absolute atomic E-state index is 0.123. The van der Waals surface area contributed by atoms with Gasteiger partial charge in [-0.1, -0.05) is 0 Å². The topological polar surface area (TPSA) is 47.6 Å². The van der Waals surface area contributed by atoms with Gasteiger partial charge in [0.2, 0.25) is 5.91 Å². The molecule has 0 aromatic carbocycles. The molecule has 2 heterocycles. The van der Waals surface area contributed by atoms with Gasteiger partial charge in [0.25, 0.3) is 0 Å². The van der Waals surface area contributed by atoms with Crippen molar-refractivity contribution in [3.8, 4) is 0 Å². The quantitative estimate of drug-likeness (QED) is 0.687. The van der Waals surface area contributed by atoms with E-state index in [1.165, 1.54) is 19.3 Å². The number of carbonyl (C=O) groups excluding carboxylic acids is 1. The van der Waals surface area contributed by atoms with Crippen molar-refractivity contribution >= 4 is 5.91 Å². The Hall–Kier alpha value is -0.650. The van der Waals surface area contributed by atoms with E-state index in [4.69, 9.17) is 0 Å². The van der Waals surface area contributed by atoms with E-state index in [-0.39, 0.29) is 11.9 Å². The van der Waals surface area contributed by atoms with Crippen LogP contribution < -0.4 is 10.6 Å². The minimum atomic E-state index is 0.123. The second-order valence-corrected chi connectivity index (χ2v) is 6.32. The molecule has 20 heavy (non-hydrogen) atoms. The Bertz CT molecular complexity index is 302. The van der Waals surface area contributed by atoms with Gasteiger partial charge in [-0.05, 0) is 72.4 Å². The highest BCUT2D eigenvalue weighted by Crippen LogP contribution is 2.24. The monoisotopic (exact) mass is 282 g/mol. The summed E-state index contributed by atoms with van der Waals surface area (Å²) < 4.78 is 0. The highest BCUT2D eigenvalue weighted by Gasteiger charge is 2.35. The number of carbonyl (C=O) groups is 1. The lowest BCUT2D eigenvalue weighted by Gasteiger charge is -2.35. The second kappa shape index (κ2) is 7.96. The maximum Gasteiger partial charge on any atom is 0.237 e. The normalized spacial score (nSPS) is 25.2. The van der Waals surface area contributed by atoms with Gasteiger partial charge in [-0.3, -0.25) is 9.69 Å². The van der Waals surface area contributed by atoms with Gasteiger partial charge in [0.05, 0.1) is 6.04 Å². The summed E-state index contributed by atoms with van der Waals surface area (Å²) >= 11 is 0. The second-order valence-electron chi connectivity index (χ2n) is 6.32. The van der Waals surface area contributed by atoms with Crippen molar-refractivity contribution in [1.82, 2.24) is 20.4 Å². The Morgan fingerprint density at radius 2 is 2.05 bits per heavy atom. The number of hydrogen-bond acceptors (Lipinski definition) is 4. The molecule has 5 heteroatoms. The molecule has 0 radical (unpaired) electrons. The lowest BCUT2D eigenvalue weighted by Crippen LogP contribution is -2.50. The van der Waals surface area contributed by atoms with Crippen molar-refractivity contribution in [3.63, 3.8) is 0 Å². The summed E-state index contributed by atoms with van der Waals surface area (Å²) in [7, 11) is 4.13. The predicted molar refractivity (Wildman–Crippen MR) is 81.8 cm³/mol. The summed E-state index contributed by atoms with van der Waals surface area (Å²) in [5.41, 5.74) is 0. The van der Waals surface area contributed by atoms with Gasteiger partial charge >= 0.3 is 0 Å². The number of piperidine rings is 1. The van der Waals surface area contributed by atoms with Crippen LogP contribution in [0.1, 0.15) is 32.1 Å². The zero-order valence-electron chi connectivity index (χ0n) is 13.0. The predicted octanol–water partition coefficient (Wildman–Crippen LogP) is 0.271. The lowest BCUT2D eigenvalue weighted by atomic mass is 10.0. The van der Waals surface area contributed by atoms with Gasteiger partial charge in [0.15, 0.2) is 0 Å². The van der Waals surface area contributed by atoms with E-state index in [2.05, 4.69) is 34.5 Å². The van der Waals surface area contributed by atoms with Crippen LogP contribution in [0.25, 0.3) is 0 Å². The first kappa shape index (κ1) is 15.7. The number of amides is 1. The molecule has 2 aliphatic rings. The molecule has 116 valence electrons. The largest absolute Gasteiger partial charge is 0.355 e. The zero-order valence-corrected chi connectivity index (χ0v) is 13.0. The molecule has 0 bridgehead atoms. The van der Waals surface area contributed by atoms with Crippen LogP contribution in [0, 0.1) is 0 Å². The minimum Gasteiger partial charge on any atom is -0.355 e. The van der Waals surface area contributed by atoms with Crippen LogP contribution in [-0.4, -0.2) is 74.6 Å². The maximum atomic E-state index is 12.4. The van der Waals surface area contributed by atoms with Crippen molar-refractivity contribution in [1.29, 1.82) is 0 Å². The van der Waals surface area contributed by atoms with Crippen LogP contribution in [0.15, 0.2) is 0 Å². The van der Waals surface area contributed by atoms with E-state index in [1.807, 2.05) is 0 Å². The highest BCUT2D eigenvalue weighted by molar-refractivity contribution is 5.82. The molecular weight excluding hydrogens is 252 g/mol. The average molecular weight is 282 g/mol. The van der Waals surface area contributed by atoms with Gasteiger partial charge < -0.3 is 15.5 Å². The van der Waals surface area contributed by atoms with Crippen molar-refractivity contribution in [2.45, 2.75) is 44.2 Å². The van der Waals surface area contributed by atoms with Crippen LogP contribution in [0.4, 0.5) is 0 Å². The Morgan fingerprint density at radius 3 is 2.75 bits per heavy atom. The van der Waals surface area contributed by atoms with Crippen molar-refractivity contribution < 1.29 is 4.79 Å². The number of nitrogens with one attached hydrogen (secondary N) is 2. The van der Waals surface area contributed by atoms with Gasteiger partial charge in [0.1, 0.15) is 0 Å². The van der Waals surface area contributed by atoms with Crippen LogP contribution in [-0.2, 0) is 4.79 Å². The van der Waals surface area contributed by atoms with Crippen molar-refractivity contribution in [2.24, 2.45) is 0 Å².